The molecular formula is C13H21N3O. The van der Waals surface area contributed by atoms with Gasteiger partial charge in [-0.15, -0.1) is 0 Å². The second kappa shape index (κ2) is 5.36. The lowest BCUT2D eigenvalue weighted by atomic mass is 10.3. The van der Waals surface area contributed by atoms with Crippen LogP contribution < -0.4 is 0 Å². The Morgan fingerprint density at radius 3 is 2.71 bits per heavy atom. The molecule has 0 radical (unpaired) electrons. The monoisotopic (exact) mass is 235 g/mol. The van der Waals surface area contributed by atoms with E-state index in [2.05, 4.69) is 4.90 Å². The summed E-state index contributed by atoms with van der Waals surface area (Å²) in [5, 5.41) is 0. The highest BCUT2D eigenvalue weighted by Crippen LogP contribution is 2.08. The quantitative estimate of drug-likeness (QED) is 0.784. The van der Waals surface area contributed by atoms with Crippen molar-refractivity contribution in [3.63, 3.8) is 0 Å². The van der Waals surface area contributed by atoms with Crippen LogP contribution in [0.5, 0.6) is 0 Å². The number of hydrogen-bond acceptors (Lipinski definition) is 2. The first-order valence-corrected chi connectivity index (χ1v) is 6.26. The molecule has 2 rings (SSSR count). The number of hydrogen-bond donors (Lipinski definition) is 0. The van der Waals surface area contributed by atoms with Crippen molar-refractivity contribution in [1.82, 2.24) is 14.4 Å². The molecule has 1 saturated heterocycles. The van der Waals surface area contributed by atoms with Crippen molar-refractivity contribution in [1.29, 1.82) is 0 Å². The van der Waals surface area contributed by atoms with Crippen molar-refractivity contribution < 1.29 is 4.79 Å². The first kappa shape index (κ1) is 12.2. The molecule has 0 aromatic carbocycles. The Morgan fingerprint density at radius 2 is 2.12 bits per heavy atom. The molecule has 1 aromatic rings. The molecule has 4 heteroatoms. The van der Waals surface area contributed by atoms with E-state index in [1.807, 2.05) is 42.0 Å². The van der Waals surface area contributed by atoms with Crippen molar-refractivity contribution >= 4 is 5.91 Å². The maximum atomic E-state index is 12.1. The molecule has 1 fully saturated rings. The molecule has 1 aliphatic heterocycles. The highest BCUT2D eigenvalue weighted by Gasteiger charge is 2.15. The fourth-order valence-electron chi connectivity index (χ4n) is 2.25. The molecule has 1 amide bonds. The Morgan fingerprint density at radius 1 is 1.41 bits per heavy atom. The summed E-state index contributed by atoms with van der Waals surface area (Å²) in [6, 6.07) is 1.87. The predicted molar refractivity (Wildman–Crippen MR) is 68.0 cm³/mol. The minimum atomic E-state index is 0.116. The van der Waals surface area contributed by atoms with Crippen LogP contribution in [-0.4, -0.2) is 53.5 Å². The van der Waals surface area contributed by atoms with E-state index < -0.39 is 0 Å². The average Bonchev–Trinajstić information content (AvgIpc) is 2.95. The lowest BCUT2D eigenvalue weighted by molar-refractivity contribution is 0.0782. The lowest BCUT2D eigenvalue weighted by Gasteiger charge is -2.21. The predicted octanol–water partition coefficient (Wildman–Crippen LogP) is 1.19. The van der Waals surface area contributed by atoms with Crippen molar-refractivity contribution in [2.24, 2.45) is 7.05 Å². The van der Waals surface area contributed by atoms with Crippen LogP contribution in [0.3, 0.4) is 0 Å². The number of likely N-dealkylation sites (tertiary alicyclic amines) is 1. The van der Waals surface area contributed by atoms with Crippen LogP contribution in [0.15, 0.2) is 18.5 Å². The number of aromatic nitrogens is 1. The summed E-state index contributed by atoms with van der Waals surface area (Å²) in [5.74, 6) is 0.116. The molecule has 4 nitrogen and oxygen atoms in total. The van der Waals surface area contributed by atoms with Crippen molar-refractivity contribution in [3.8, 4) is 0 Å². The molecule has 2 heterocycles. The van der Waals surface area contributed by atoms with Gasteiger partial charge in [-0.1, -0.05) is 0 Å². The largest absolute Gasteiger partial charge is 0.356 e. The summed E-state index contributed by atoms with van der Waals surface area (Å²) in [4.78, 5) is 16.3. The van der Waals surface area contributed by atoms with Crippen LogP contribution in [0, 0.1) is 0 Å². The van der Waals surface area contributed by atoms with Gasteiger partial charge in [0.1, 0.15) is 0 Å². The Balaban J connectivity index is 1.82. The fourth-order valence-corrected chi connectivity index (χ4v) is 2.25. The van der Waals surface area contributed by atoms with Gasteiger partial charge in [-0.05, 0) is 32.0 Å². The van der Waals surface area contributed by atoms with Crippen molar-refractivity contribution in [2.45, 2.75) is 12.8 Å². The fraction of sp³-hybridized carbons (Fsp3) is 0.615. The van der Waals surface area contributed by atoms with Crippen LogP contribution in [-0.2, 0) is 7.05 Å². The molecule has 0 aliphatic carbocycles. The SMILES string of the molecule is CN(CCN1CCCC1)C(=O)c1ccn(C)c1. The van der Waals surface area contributed by atoms with E-state index in [0.717, 1.165) is 18.7 Å². The maximum Gasteiger partial charge on any atom is 0.255 e. The van der Waals surface area contributed by atoms with Gasteiger partial charge < -0.3 is 14.4 Å². The van der Waals surface area contributed by atoms with Crippen LogP contribution in [0.25, 0.3) is 0 Å². The summed E-state index contributed by atoms with van der Waals surface area (Å²) in [6.07, 6.45) is 6.38. The van der Waals surface area contributed by atoms with Gasteiger partial charge in [0.2, 0.25) is 0 Å². The van der Waals surface area contributed by atoms with E-state index >= 15 is 0 Å². The third kappa shape index (κ3) is 3.09. The van der Waals surface area contributed by atoms with Gasteiger partial charge in [-0.3, -0.25) is 4.79 Å². The van der Waals surface area contributed by atoms with Gasteiger partial charge >= 0.3 is 0 Å². The first-order chi connectivity index (χ1) is 8.16. The summed E-state index contributed by atoms with van der Waals surface area (Å²) >= 11 is 0. The summed E-state index contributed by atoms with van der Waals surface area (Å²) in [7, 11) is 3.81. The van der Waals surface area contributed by atoms with Crippen LogP contribution >= 0.6 is 0 Å². The molecule has 1 aliphatic rings. The average molecular weight is 235 g/mol. The normalized spacial score (nSPS) is 16.4. The van der Waals surface area contributed by atoms with Gasteiger partial charge in [0.05, 0.1) is 5.56 Å². The zero-order valence-corrected chi connectivity index (χ0v) is 10.7. The number of carbonyl (C=O) groups excluding carboxylic acids is 1. The van der Waals surface area contributed by atoms with E-state index in [-0.39, 0.29) is 5.91 Å². The second-order valence-corrected chi connectivity index (χ2v) is 4.84. The highest BCUT2D eigenvalue weighted by molar-refractivity contribution is 5.93. The van der Waals surface area contributed by atoms with Gasteiger partial charge in [-0.2, -0.15) is 0 Å². The molecule has 1 aromatic heterocycles. The molecule has 0 unspecified atom stereocenters. The van der Waals surface area contributed by atoms with E-state index in [9.17, 15) is 4.79 Å². The van der Waals surface area contributed by atoms with Crippen LogP contribution in [0.4, 0.5) is 0 Å². The van der Waals surface area contributed by atoms with Crippen LogP contribution in [0.2, 0.25) is 0 Å². The van der Waals surface area contributed by atoms with Gasteiger partial charge in [-0.25, -0.2) is 0 Å². The standard InChI is InChI=1S/C13H21N3O/c1-14-8-5-12(11-14)13(17)15(2)9-10-16-6-3-4-7-16/h5,8,11H,3-4,6-7,9-10H2,1-2H3. The van der Waals surface area contributed by atoms with E-state index in [1.54, 1.807) is 0 Å². The zero-order valence-electron chi connectivity index (χ0n) is 10.7. The number of carbonyl (C=O) groups is 1. The maximum absolute atomic E-state index is 12.1. The third-order valence-electron chi connectivity index (χ3n) is 3.38. The number of amides is 1. The summed E-state index contributed by atoms with van der Waals surface area (Å²) in [5.41, 5.74) is 0.774. The molecule has 0 bridgehead atoms. The molecule has 0 saturated carbocycles. The van der Waals surface area contributed by atoms with Gasteiger partial charge in [0.15, 0.2) is 0 Å². The third-order valence-corrected chi connectivity index (χ3v) is 3.38. The Hall–Kier alpha value is -1.29. The molecule has 0 atom stereocenters. The van der Waals surface area contributed by atoms with E-state index in [0.29, 0.717) is 0 Å². The van der Waals surface area contributed by atoms with Crippen LogP contribution in [0.1, 0.15) is 23.2 Å². The summed E-state index contributed by atoms with van der Waals surface area (Å²) in [6.45, 7) is 4.18. The number of rotatable bonds is 4. The van der Waals surface area contributed by atoms with Gasteiger partial charge in [0.25, 0.3) is 5.91 Å². The Kier molecular flexibility index (Phi) is 3.84. The topological polar surface area (TPSA) is 28.5 Å². The number of nitrogens with zero attached hydrogens (tertiary/aromatic N) is 3. The molecular weight excluding hydrogens is 214 g/mol. The summed E-state index contributed by atoms with van der Waals surface area (Å²) < 4.78 is 1.90. The van der Waals surface area contributed by atoms with Gasteiger partial charge in [0, 0.05) is 39.6 Å². The molecule has 94 valence electrons. The Bertz CT molecular complexity index is 380. The molecule has 0 spiro atoms. The highest BCUT2D eigenvalue weighted by atomic mass is 16.2. The first-order valence-electron chi connectivity index (χ1n) is 6.26. The van der Waals surface area contributed by atoms with Crippen molar-refractivity contribution in [2.75, 3.05) is 33.2 Å². The second-order valence-electron chi connectivity index (χ2n) is 4.84. The smallest absolute Gasteiger partial charge is 0.255 e. The lowest BCUT2D eigenvalue weighted by Crippen LogP contribution is -2.35. The molecule has 0 N–H and O–H groups in total. The van der Waals surface area contributed by atoms with E-state index in [1.165, 1.54) is 25.9 Å². The minimum Gasteiger partial charge on any atom is -0.356 e. The van der Waals surface area contributed by atoms with E-state index in [4.69, 9.17) is 0 Å². The Labute approximate surface area is 103 Å². The zero-order chi connectivity index (χ0) is 12.3. The van der Waals surface area contributed by atoms with Crippen molar-refractivity contribution in [3.05, 3.63) is 24.0 Å². The number of likely N-dealkylation sites (N-methyl/N-ethyl adjacent to an activating group) is 1. The molecule has 17 heavy (non-hydrogen) atoms. The minimum absolute atomic E-state index is 0.116. The number of aryl methyl sites for hydroxylation is 1.